The SMILES string of the molecule is COc1cccc2c1N(C(=O)c1ccc(Br)c([N+](=O)[O-])c1)CCC2. The summed E-state index contributed by atoms with van der Waals surface area (Å²) in [4.78, 5) is 25.2. The fourth-order valence-electron chi connectivity index (χ4n) is 2.92. The summed E-state index contributed by atoms with van der Waals surface area (Å²) in [5.74, 6) is 0.364. The molecular formula is C17H15BrN2O4. The molecule has 124 valence electrons. The molecule has 0 atom stereocenters. The Morgan fingerprint density at radius 3 is 2.83 bits per heavy atom. The minimum atomic E-state index is -0.508. The van der Waals surface area contributed by atoms with Gasteiger partial charge in [0.15, 0.2) is 0 Å². The smallest absolute Gasteiger partial charge is 0.284 e. The van der Waals surface area contributed by atoms with E-state index < -0.39 is 4.92 Å². The summed E-state index contributed by atoms with van der Waals surface area (Å²) in [5.41, 5.74) is 1.95. The molecule has 3 rings (SSSR count). The Morgan fingerprint density at radius 1 is 1.33 bits per heavy atom. The lowest BCUT2D eigenvalue weighted by Crippen LogP contribution is -2.35. The van der Waals surface area contributed by atoms with Gasteiger partial charge in [0.05, 0.1) is 22.2 Å². The number of nitro groups is 1. The van der Waals surface area contributed by atoms with E-state index in [1.807, 2.05) is 18.2 Å². The number of methoxy groups -OCH3 is 1. The van der Waals surface area contributed by atoms with Gasteiger partial charge >= 0.3 is 0 Å². The van der Waals surface area contributed by atoms with Crippen LogP contribution in [0.3, 0.4) is 0 Å². The van der Waals surface area contributed by atoms with Gasteiger partial charge in [-0.2, -0.15) is 0 Å². The molecule has 0 aliphatic carbocycles. The molecule has 1 aliphatic rings. The quantitative estimate of drug-likeness (QED) is 0.587. The molecule has 6 nitrogen and oxygen atoms in total. The van der Waals surface area contributed by atoms with Crippen molar-refractivity contribution in [1.82, 2.24) is 0 Å². The van der Waals surface area contributed by atoms with Crippen molar-refractivity contribution in [3.05, 3.63) is 62.1 Å². The van der Waals surface area contributed by atoms with Crippen LogP contribution >= 0.6 is 15.9 Å². The third-order valence-corrected chi connectivity index (χ3v) is 4.71. The Kier molecular flexibility index (Phi) is 4.53. The summed E-state index contributed by atoms with van der Waals surface area (Å²) >= 11 is 3.14. The number of carbonyl (C=O) groups is 1. The van der Waals surface area contributed by atoms with E-state index in [1.165, 1.54) is 12.1 Å². The molecule has 0 aromatic heterocycles. The number of aryl methyl sites for hydroxylation is 1. The maximum absolute atomic E-state index is 12.9. The zero-order chi connectivity index (χ0) is 17.3. The van der Waals surface area contributed by atoms with Gasteiger partial charge in [-0.05, 0) is 52.5 Å². The molecule has 7 heteroatoms. The van der Waals surface area contributed by atoms with Gasteiger partial charge < -0.3 is 9.64 Å². The van der Waals surface area contributed by atoms with Gasteiger partial charge in [-0.15, -0.1) is 0 Å². The number of halogens is 1. The number of para-hydroxylation sites is 1. The van der Waals surface area contributed by atoms with Crippen molar-refractivity contribution in [2.75, 3.05) is 18.6 Å². The van der Waals surface area contributed by atoms with Gasteiger partial charge in [0, 0.05) is 18.2 Å². The number of carbonyl (C=O) groups excluding carboxylic acids is 1. The minimum absolute atomic E-state index is 0.127. The van der Waals surface area contributed by atoms with Gasteiger partial charge in [-0.3, -0.25) is 14.9 Å². The lowest BCUT2D eigenvalue weighted by atomic mass is 10.00. The molecule has 1 heterocycles. The molecule has 0 saturated heterocycles. The van der Waals surface area contributed by atoms with Crippen LogP contribution in [0.4, 0.5) is 11.4 Å². The third-order valence-electron chi connectivity index (χ3n) is 4.04. The number of hydrogen-bond acceptors (Lipinski definition) is 4. The van der Waals surface area contributed by atoms with E-state index in [0.29, 0.717) is 16.8 Å². The molecule has 0 fully saturated rings. The number of hydrogen-bond donors (Lipinski definition) is 0. The first-order valence-corrected chi connectivity index (χ1v) is 8.24. The zero-order valence-electron chi connectivity index (χ0n) is 13.0. The Morgan fingerprint density at radius 2 is 2.12 bits per heavy atom. The molecule has 0 radical (unpaired) electrons. The second kappa shape index (κ2) is 6.60. The first-order valence-electron chi connectivity index (χ1n) is 7.44. The second-order valence-electron chi connectivity index (χ2n) is 5.45. The highest BCUT2D eigenvalue weighted by atomic mass is 79.9. The Hall–Kier alpha value is -2.41. The molecule has 1 aliphatic heterocycles. The number of nitrogens with zero attached hydrogens (tertiary/aromatic N) is 2. The van der Waals surface area contributed by atoms with Crippen molar-refractivity contribution in [2.45, 2.75) is 12.8 Å². The summed E-state index contributed by atoms with van der Waals surface area (Å²) in [5, 5.41) is 11.1. The number of fused-ring (bicyclic) bond motifs is 1. The van der Waals surface area contributed by atoms with E-state index in [9.17, 15) is 14.9 Å². The normalized spacial score (nSPS) is 13.3. The number of amides is 1. The highest BCUT2D eigenvalue weighted by Crippen LogP contribution is 2.37. The molecule has 2 aromatic rings. The molecule has 2 aromatic carbocycles. The third kappa shape index (κ3) is 2.87. The van der Waals surface area contributed by atoms with Gasteiger partial charge in [0.25, 0.3) is 11.6 Å². The number of ether oxygens (including phenoxy) is 1. The molecule has 0 spiro atoms. The van der Waals surface area contributed by atoms with Crippen LogP contribution in [-0.2, 0) is 6.42 Å². The highest BCUT2D eigenvalue weighted by molar-refractivity contribution is 9.10. The van der Waals surface area contributed by atoms with Crippen LogP contribution < -0.4 is 9.64 Å². The van der Waals surface area contributed by atoms with Crippen LogP contribution in [0.25, 0.3) is 0 Å². The summed E-state index contributed by atoms with van der Waals surface area (Å²) in [7, 11) is 1.57. The molecule has 0 N–H and O–H groups in total. The monoisotopic (exact) mass is 390 g/mol. The first-order chi connectivity index (χ1) is 11.5. The van der Waals surface area contributed by atoms with E-state index in [4.69, 9.17) is 4.74 Å². The van der Waals surface area contributed by atoms with Gasteiger partial charge in [-0.25, -0.2) is 0 Å². The van der Waals surface area contributed by atoms with Crippen molar-refractivity contribution in [3.63, 3.8) is 0 Å². The standard InChI is InChI=1S/C17H15BrN2O4/c1-24-15-6-2-4-11-5-3-9-19(16(11)15)17(21)12-7-8-13(18)14(10-12)20(22)23/h2,4,6-8,10H,3,5,9H2,1H3. The largest absolute Gasteiger partial charge is 0.495 e. The number of nitro benzene ring substituents is 1. The predicted molar refractivity (Wildman–Crippen MR) is 93.8 cm³/mol. The minimum Gasteiger partial charge on any atom is -0.495 e. The van der Waals surface area contributed by atoms with Crippen LogP contribution in [0.1, 0.15) is 22.3 Å². The van der Waals surface area contributed by atoms with Crippen LogP contribution in [0.2, 0.25) is 0 Å². The summed E-state index contributed by atoms with van der Waals surface area (Å²) in [6.45, 7) is 0.552. The van der Waals surface area contributed by atoms with E-state index in [2.05, 4.69) is 15.9 Å². The van der Waals surface area contributed by atoms with Crippen LogP contribution in [0.5, 0.6) is 5.75 Å². The summed E-state index contributed by atoms with van der Waals surface area (Å²) in [6.07, 6.45) is 1.71. The van der Waals surface area contributed by atoms with E-state index in [1.54, 1.807) is 18.1 Å². The highest BCUT2D eigenvalue weighted by Gasteiger charge is 2.28. The fourth-order valence-corrected chi connectivity index (χ4v) is 3.32. The van der Waals surface area contributed by atoms with Crippen molar-refractivity contribution < 1.29 is 14.5 Å². The predicted octanol–water partition coefficient (Wildman–Crippen LogP) is 3.96. The molecule has 0 unspecified atom stereocenters. The molecule has 1 amide bonds. The zero-order valence-corrected chi connectivity index (χ0v) is 14.6. The second-order valence-corrected chi connectivity index (χ2v) is 6.31. The van der Waals surface area contributed by atoms with E-state index in [-0.39, 0.29) is 17.2 Å². The molecule has 24 heavy (non-hydrogen) atoms. The Labute approximate surface area is 147 Å². The lowest BCUT2D eigenvalue weighted by molar-refractivity contribution is -0.385. The molecule has 0 bridgehead atoms. The van der Waals surface area contributed by atoms with Crippen molar-refractivity contribution in [3.8, 4) is 5.75 Å². The van der Waals surface area contributed by atoms with Crippen LogP contribution in [-0.4, -0.2) is 24.5 Å². The van der Waals surface area contributed by atoms with Crippen LogP contribution in [0.15, 0.2) is 40.9 Å². The number of benzene rings is 2. The average molecular weight is 391 g/mol. The maximum atomic E-state index is 12.9. The fraction of sp³-hybridized carbons (Fsp3) is 0.235. The topological polar surface area (TPSA) is 72.7 Å². The first kappa shape index (κ1) is 16.4. The lowest BCUT2D eigenvalue weighted by Gasteiger charge is -2.31. The average Bonchev–Trinajstić information content (AvgIpc) is 2.60. The van der Waals surface area contributed by atoms with Crippen molar-refractivity contribution >= 4 is 33.2 Å². The summed E-state index contributed by atoms with van der Waals surface area (Å²) in [6, 6.07) is 10.1. The van der Waals surface area contributed by atoms with Crippen LogP contribution in [0, 0.1) is 10.1 Å². The molecule has 0 saturated carbocycles. The molecular weight excluding hydrogens is 376 g/mol. The van der Waals surface area contributed by atoms with Gasteiger partial charge in [0.1, 0.15) is 5.75 Å². The van der Waals surface area contributed by atoms with Gasteiger partial charge in [-0.1, -0.05) is 12.1 Å². The Balaban J connectivity index is 2.04. The van der Waals surface area contributed by atoms with Crippen molar-refractivity contribution in [2.24, 2.45) is 0 Å². The van der Waals surface area contributed by atoms with Crippen molar-refractivity contribution in [1.29, 1.82) is 0 Å². The van der Waals surface area contributed by atoms with Gasteiger partial charge in [0.2, 0.25) is 0 Å². The maximum Gasteiger partial charge on any atom is 0.284 e. The number of anilines is 1. The Bertz CT molecular complexity index is 808. The number of rotatable bonds is 3. The van der Waals surface area contributed by atoms with E-state index in [0.717, 1.165) is 24.1 Å². The summed E-state index contributed by atoms with van der Waals surface area (Å²) < 4.78 is 5.75. The van der Waals surface area contributed by atoms with E-state index >= 15 is 0 Å².